The number of aliphatic hydroxyl groups is 1. The van der Waals surface area contributed by atoms with Crippen molar-refractivity contribution in [2.45, 2.75) is 32.0 Å². The van der Waals surface area contributed by atoms with Gasteiger partial charge in [0.05, 0.1) is 19.9 Å². The fraction of sp³-hybridized carbons (Fsp3) is 0.412. The summed E-state index contributed by atoms with van der Waals surface area (Å²) in [7, 11) is 1.64. The van der Waals surface area contributed by atoms with E-state index < -0.39 is 5.72 Å². The molecule has 1 aliphatic rings. The molecule has 0 spiro atoms. The van der Waals surface area contributed by atoms with Crippen LogP contribution >= 0.6 is 0 Å². The Morgan fingerprint density at radius 2 is 2.09 bits per heavy atom. The number of ether oxygens (including phenoxy) is 1. The zero-order chi connectivity index (χ0) is 15.6. The molecule has 0 fully saturated rings. The molecule has 0 bridgehead atoms. The Morgan fingerprint density at radius 1 is 1.35 bits per heavy atom. The maximum absolute atomic E-state index is 11.4. The number of halogens is 1. The van der Waals surface area contributed by atoms with Gasteiger partial charge in [-0.2, -0.15) is 0 Å². The van der Waals surface area contributed by atoms with Crippen molar-refractivity contribution >= 4 is 5.95 Å². The highest BCUT2D eigenvalue weighted by atomic mass is 79.9. The van der Waals surface area contributed by atoms with E-state index in [1.165, 1.54) is 0 Å². The molecule has 1 aromatic carbocycles. The van der Waals surface area contributed by atoms with E-state index in [1.807, 2.05) is 46.0 Å². The first-order chi connectivity index (χ1) is 10.7. The molecule has 1 aliphatic heterocycles. The molecule has 3 rings (SSSR count). The average molecular weight is 380 g/mol. The lowest BCUT2D eigenvalue weighted by Crippen LogP contribution is -3.00. The van der Waals surface area contributed by atoms with E-state index in [1.54, 1.807) is 13.3 Å². The van der Waals surface area contributed by atoms with Crippen LogP contribution in [0.4, 0.5) is 5.95 Å². The Morgan fingerprint density at radius 3 is 2.74 bits per heavy atom. The molecule has 0 unspecified atom stereocenters. The summed E-state index contributed by atoms with van der Waals surface area (Å²) in [5, 5.41) is 11.4. The normalized spacial score (nSPS) is 19.2. The summed E-state index contributed by atoms with van der Waals surface area (Å²) < 4.78 is 7.21. The Kier molecular flexibility index (Phi) is 5.59. The SMILES string of the molecule is CCCCN1c2nccc[n+]2C[C@@]1(O)c1ccc(OC)cc1.[Br-]. The quantitative estimate of drug-likeness (QED) is 0.666. The molecule has 6 heteroatoms. The topological polar surface area (TPSA) is 49.5 Å². The largest absolute Gasteiger partial charge is 1.00 e. The fourth-order valence-corrected chi connectivity index (χ4v) is 2.94. The minimum absolute atomic E-state index is 0. The molecule has 1 N–H and O–H groups in total. The molecule has 0 amide bonds. The number of benzene rings is 1. The molecule has 5 nitrogen and oxygen atoms in total. The summed E-state index contributed by atoms with van der Waals surface area (Å²) in [6.45, 7) is 3.40. The van der Waals surface area contributed by atoms with Crippen molar-refractivity contribution in [3.8, 4) is 5.75 Å². The highest BCUT2D eigenvalue weighted by Gasteiger charge is 2.50. The molecule has 2 aromatic rings. The van der Waals surface area contributed by atoms with Gasteiger partial charge in [0, 0.05) is 11.6 Å². The number of anilines is 1. The maximum atomic E-state index is 11.4. The zero-order valence-electron chi connectivity index (χ0n) is 13.4. The van der Waals surface area contributed by atoms with Gasteiger partial charge in [0.2, 0.25) is 5.72 Å². The van der Waals surface area contributed by atoms with Crippen LogP contribution in [0.2, 0.25) is 0 Å². The summed E-state index contributed by atoms with van der Waals surface area (Å²) in [4.78, 5) is 6.45. The number of rotatable bonds is 5. The number of hydrogen-bond donors (Lipinski definition) is 1. The van der Waals surface area contributed by atoms with Crippen molar-refractivity contribution in [1.82, 2.24) is 4.98 Å². The fourth-order valence-electron chi connectivity index (χ4n) is 2.94. The highest BCUT2D eigenvalue weighted by Crippen LogP contribution is 2.34. The van der Waals surface area contributed by atoms with Crippen molar-refractivity contribution < 1.29 is 31.4 Å². The second-order valence-electron chi connectivity index (χ2n) is 5.60. The smallest absolute Gasteiger partial charge is 0.396 e. The molecule has 23 heavy (non-hydrogen) atoms. The van der Waals surface area contributed by atoms with Crippen molar-refractivity contribution in [1.29, 1.82) is 0 Å². The number of nitrogens with zero attached hydrogens (tertiary/aromatic N) is 3. The van der Waals surface area contributed by atoms with Gasteiger partial charge in [0.25, 0.3) is 0 Å². The second kappa shape index (κ2) is 7.27. The minimum atomic E-state index is -1.07. The second-order valence-corrected chi connectivity index (χ2v) is 5.60. The summed E-state index contributed by atoms with van der Waals surface area (Å²) >= 11 is 0. The van der Waals surface area contributed by atoms with Gasteiger partial charge < -0.3 is 26.8 Å². The predicted octanol–water partition coefficient (Wildman–Crippen LogP) is -1.15. The molecule has 124 valence electrons. The van der Waals surface area contributed by atoms with Crippen LogP contribution in [0.15, 0.2) is 42.7 Å². The molecule has 0 saturated carbocycles. The van der Waals surface area contributed by atoms with Crippen molar-refractivity contribution in [2.75, 3.05) is 18.6 Å². The Labute approximate surface area is 147 Å². The summed E-state index contributed by atoms with van der Waals surface area (Å²) in [5.41, 5.74) is -0.210. The summed E-state index contributed by atoms with van der Waals surface area (Å²) in [6, 6.07) is 9.49. The number of methoxy groups -OCH3 is 1. The molecule has 0 radical (unpaired) electrons. The van der Waals surface area contributed by atoms with Gasteiger partial charge in [-0.3, -0.25) is 0 Å². The molecule has 1 atom stereocenters. The lowest BCUT2D eigenvalue weighted by Gasteiger charge is -2.28. The standard InChI is InChI=1S/C17H22N3O2.BrH/c1-3-4-12-20-16-18-10-5-11-19(16)13-17(20,21)14-6-8-15(22-2)9-7-14;/h5-11,21H,3-4,12-13H2,1-2H3;1H/q+1;/p-1/t17-;/m1./s1. The third-order valence-electron chi connectivity index (χ3n) is 4.17. The molecule has 1 aromatic heterocycles. The van der Waals surface area contributed by atoms with Crippen molar-refractivity contribution in [2.24, 2.45) is 0 Å². The van der Waals surface area contributed by atoms with Gasteiger partial charge in [0.1, 0.15) is 18.5 Å². The van der Waals surface area contributed by atoms with Crippen molar-refractivity contribution in [3.05, 3.63) is 48.3 Å². The average Bonchev–Trinajstić information content (AvgIpc) is 2.85. The zero-order valence-corrected chi connectivity index (χ0v) is 15.0. The first-order valence-corrected chi connectivity index (χ1v) is 7.68. The first kappa shape index (κ1) is 17.7. The van der Waals surface area contributed by atoms with Crippen LogP contribution in [0.5, 0.6) is 5.75 Å². The number of aromatic nitrogens is 2. The van der Waals surface area contributed by atoms with E-state index in [9.17, 15) is 5.11 Å². The van der Waals surface area contributed by atoms with Gasteiger partial charge in [-0.05, 0) is 30.7 Å². The van der Waals surface area contributed by atoms with Gasteiger partial charge in [-0.1, -0.05) is 18.3 Å². The van der Waals surface area contributed by atoms with Crippen molar-refractivity contribution in [3.63, 3.8) is 0 Å². The number of fused-ring (bicyclic) bond motifs is 1. The molecule has 0 aliphatic carbocycles. The van der Waals surface area contributed by atoms with Crippen LogP contribution in [0.1, 0.15) is 25.3 Å². The van der Waals surface area contributed by atoms with E-state index in [2.05, 4.69) is 11.9 Å². The predicted molar refractivity (Wildman–Crippen MR) is 83.6 cm³/mol. The Hall–Kier alpha value is -1.66. The minimum Gasteiger partial charge on any atom is -1.00 e. The van der Waals surface area contributed by atoms with E-state index in [-0.39, 0.29) is 17.0 Å². The van der Waals surface area contributed by atoms with Gasteiger partial charge in [0.15, 0.2) is 0 Å². The number of unbranched alkanes of at least 4 members (excludes halogenated alkanes) is 1. The lowest BCUT2D eigenvalue weighted by molar-refractivity contribution is -0.685. The maximum Gasteiger partial charge on any atom is 0.396 e. The molecule has 0 saturated heterocycles. The highest BCUT2D eigenvalue weighted by molar-refractivity contribution is 5.40. The van der Waals surface area contributed by atoms with Gasteiger partial charge in [-0.25, -0.2) is 9.47 Å². The number of hydrogen-bond acceptors (Lipinski definition) is 4. The van der Waals surface area contributed by atoms with Crippen LogP contribution in [0.3, 0.4) is 0 Å². The van der Waals surface area contributed by atoms with Crippen LogP contribution in [0.25, 0.3) is 0 Å². The van der Waals surface area contributed by atoms with Crippen LogP contribution in [-0.2, 0) is 12.3 Å². The van der Waals surface area contributed by atoms with E-state index in [0.717, 1.165) is 36.6 Å². The van der Waals surface area contributed by atoms with E-state index >= 15 is 0 Å². The lowest BCUT2D eigenvalue weighted by atomic mass is 10.0. The third kappa shape index (κ3) is 3.19. The van der Waals surface area contributed by atoms with Crippen LogP contribution in [-0.4, -0.2) is 23.7 Å². The van der Waals surface area contributed by atoms with Crippen LogP contribution in [0, 0.1) is 0 Å². The molecular formula is C17H22BrN3O2. The van der Waals surface area contributed by atoms with Crippen LogP contribution < -0.4 is 31.2 Å². The van der Waals surface area contributed by atoms with E-state index in [4.69, 9.17) is 4.74 Å². The Balaban J connectivity index is 0.00000192. The third-order valence-corrected chi connectivity index (χ3v) is 4.17. The summed E-state index contributed by atoms with van der Waals surface area (Å²) in [5.74, 6) is 1.60. The van der Waals surface area contributed by atoms with Gasteiger partial charge >= 0.3 is 5.95 Å². The Bertz CT molecular complexity index is 651. The van der Waals surface area contributed by atoms with E-state index in [0.29, 0.717) is 6.54 Å². The molecule has 2 heterocycles. The molecular weight excluding hydrogens is 358 g/mol. The monoisotopic (exact) mass is 379 g/mol. The summed E-state index contributed by atoms with van der Waals surface area (Å²) in [6.07, 6.45) is 5.81. The van der Waals surface area contributed by atoms with Gasteiger partial charge in [-0.15, -0.1) is 0 Å². The first-order valence-electron chi connectivity index (χ1n) is 7.68.